The van der Waals surface area contributed by atoms with Crippen LogP contribution in [0.2, 0.25) is 0 Å². The molecule has 1 aliphatic heterocycles. The second-order valence-corrected chi connectivity index (χ2v) is 6.96. The second kappa shape index (κ2) is 8.98. The van der Waals surface area contributed by atoms with Gasteiger partial charge in [-0.2, -0.15) is 0 Å². The van der Waals surface area contributed by atoms with Crippen LogP contribution in [0.4, 0.5) is 0 Å². The van der Waals surface area contributed by atoms with Crippen molar-refractivity contribution in [3.63, 3.8) is 0 Å². The Morgan fingerprint density at radius 2 is 2.05 bits per heavy atom. The summed E-state index contributed by atoms with van der Waals surface area (Å²) in [6.07, 6.45) is 1.16. The van der Waals surface area contributed by atoms with Crippen molar-refractivity contribution in [3.8, 4) is 0 Å². The number of nitrogens with zero attached hydrogens (tertiary/aromatic N) is 1. The maximum Gasteiger partial charge on any atom is 0.0589 e. The van der Waals surface area contributed by atoms with Crippen LogP contribution in [0.15, 0.2) is 0 Å². The van der Waals surface area contributed by atoms with Crippen molar-refractivity contribution >= 4 is 0 Å². The first kappa shape index (κ1) is 17.9. The predicted octanol–water partition coefficient (Wildman–Crippen LogP) is 2.00. The first-order valence-corrected chi connectivity index (χ1v) is 8.00. The number of hydrogen-bond donors (Lipinski definition) is 1. The van der Waals surface area contributed by atoms with E-state index >= 15 is 0 Å². The molecule has 120 valence electrons. The highest BCUT2D eigenvalue weighted by Crippen LogP contribution is 2.29. The van der Waals surface area contributed by atoms with Gasteiger partial charge in [0.15, 0.2) is 0 Å². The van der Waals surface area contributed by atoms with E-state index in [0.717, 1.165) is 52.4 Å². The molecule has 4 heteroatoms. The quantitative estimate of drug-likeness (QED) is 0.666. The molecule has 1 heterocycles. The number of nitrogens with one attached hydrogen (secondary N) is 1. The third-order valence-electron chi connectivity index (χ3n) is 3.86. The van der Waals surface area contributed by atoms with Crippen molar-refractivity contribution in [2.24, 2.45) is 11.3 Å². The average Bonchev–Trinajstić information content (AvgIpc) is 2.82. The van der Waals surface area contributed by atoms with Gasteiger partial charge in [-0.05, 0) is 12.3 Å². The smallest absolute Gasteiger partial charge is 0.0589 e. The predicted molar refractivity (Wildman–Crippen MR) is 84.2 cm³/mol. The van der Waals surface area contributed by atoms with E-state index < -0.39 is 0 Å². The summed E-state index contributed by atoms with van der Waals surface area (Å²) >= 11 is 0. The van der Waals surface area contributed by atoms with E-state index in [2.05, 4.69) is 37.9 Å². The molecule has 4 nitrogen and oxygen atoms in total. The Balaban J connectivity index is 2.58. The van der Waals surface area contributed by atoms with Gasteiger partial charge in [0.2, 0.25) is 0 Å². The third-order valence-corrected chi connectivity index (χ3v) is 3.86. The summed E-state index contributed by atoms with van der Waals surface area (Å²) in [4.78, 5) is 2.55. The maximum atomic E-state index is 5.71. The van der Waals surface area contributed by atoms with Gasteiger partial charge >= 0.3 is 0 Å². The Morgan fingerprint density at radius 3 is 2.55 bits per heavy atom. The van der Waals surface area contributed by atoms with Crippen LogP contribution < -0.4 is 5.32 Å². The number of hydrogen-bond acceptors (Lipinski definition) is 4. The monoisotopic (exact) mass is 286 g/mol. The summed E-state index contributed by atoms with van der Waals surface area (Å²) in [6.45, 7) is 15.9. The number of ether oxygens (including phenoxy) is 2. The topological polar surface area (TPSA) is 33.7 Å². The molecule has 0 aromatic carbocycles. The van der Waals surface area contributed by atoms with Crippen LogP contribution in [0, 0.1) is 11.3 Å². The molecule has 0 amide bonds. The second-order valence-electron chi connectivity index (χ2n) is 6.96. The van der Waals surface area contributed by atoms with Crippen LogP contribution in [0.5, 0.6) is 0 Å². The molecule has 20 heavy (non-hydrogen) atoms. The van der Waals surface area contributed by atoms with Crippen LogP contribution in [0.25, 0.3) is 0 Å². The van der Waals surface area contributed by atoms with Gasteiger partial charge in [-0.15, -0.1) is 0 Å². The van der Waals surface area contributed by atoms with E-state index in [1.807, 2.05) is 0 Å². The van der Waals surface area contributed by atoms with E-state index in [-0.39, 0.29) is 5.41 Å². The summed E-state index contributed by atoms with van der Waals surface area (Å²) in [6, 6.07) is 0.532. The first-order chi connectivity index (χ1) is 9.47. The van der Waals surface area contributed by atoms with Crippen LogP contribution in [-0.4, -0.2) is 64.1 Å². The summed E-state index contributed by atoms with van der Waals surface area (Å²) in [5.74, 6) is 0.685. The van der Waals surface area contributed by atoms with Gasteiger partial charge in [0.25, 0.3) is 0 Å². The standard InChI is InChI=1S/C16H34N2O2/c1-14(2)10-18(7-9-19-5)12-16(6-8-20-13-16)11-17-15(3)4/h14-15,17H,6-13H2,1-5H3. The fourth-order valence-electron chi connectivity index (χ4n) is 2.84. The lowest BCUT2D eigenvalue weighted by atomic mass is 9.86. The number of methoxy groups -OCH3 is 1. The molecule has 1 rings (SSSR count). The van der Waals surface area contributed by atoms with Crippen molar-refractivity contribution in [2.75, 3.05) is 53.1 Å². The van der Waals surface area contributed by atoms with Crippen molar-refractivity contribution in [1.29, 1.82) is 0 Å². The fourth-order valence-corrected chi connectivity index (χ4v) is 2.84. The van der Waals surface area contributed by atoms with Crippen molar-refractivity contribution < 1.29 is 9.47 Å². The molecular weight excluding hydrogens is 252 g/mol. The Hall–Kier alpha value is -0.160. The molecule has 1 aliphatic rings. The molecule has 0 aromatic rings. The SMILES string of the molecule is COCCN(CC(C)C)CC1(CNC(C)C)CCOC1. The van der Waals surface area contributed by atoms with E-state index in [1.54, 1.807) is 7.11 Å². The maximum absolute atomic E-state index is 5.71. The van der Waals surface area contributed by atoms with Crippen LogP contribution in [0.1, 0.15) is 34.1 Å². The average molecular weight is 286 g/mol. The highest BCUT2D eigenvalue weighted by Gasteiger charge is 2.36. The molecule has 0 bridgehead atoms. The molecule has 0 spiro atoms. The lowest BCUT2D eigenvalue weighted by Gasteiger charge is -2.36. The van der Waals surface area contributed by atoms with E-state index in [4.69, 9.17) is 9.47 Å². The lowest BCUT2D eigenvalue weighted by molar-refractivity contribution is 0.0797. The van der Waals surface area contributed by atoms with Crippen molar-refractivity contribution in [2.45, 2.75) is 40.2 Å². The van der Waals surface area contributed by atoms with Crippen LogP contribution in [-0.2, 0) is 9.47 Å². The summed E-state index contributed by atoms with van der Waals surface area (Å²) < 4.78 is 11.0. The van der Waals surface area contributed by atoms with E-state index in [0.29, 0.717) is 12.0 Å². The molecule has 0 saturated carbocycles. The van der Waals surface area contributed by atoms with Gasteiger partial charge in [-0.25, -0.2) is 0 Å². The molecule has 1 unspecified atom stereocenters. The minimum Gasteiger partial charge on any atom is -0.383 e. The molecule has 1 fully saturated rings. The Labute approximate surface area is 125 Å². The summed E-state index contributed by atoms with van der Waals surface area (Å²) in [5, 5.41) is 3.61. The zero-order chi connectivity index (χ0) is 15.0. The van der Waals surface area contributed by atoms with Crippen molar-refractivity contribution in [1.82, 2.24) is 10.2 Å². The fraction of sp³-hybridized carbons (Fsp3) is 1.00. The van der Waals surface area contributed by atoms with Gasteiger partial charge in [-0.1, -0.05) is 27.7 Å². The molecule has 0 radical (unpaired) electrons. The Morgan fingerprint density at radius 1 is 1.30 bits per heavy atom. The molecule has 0 aliphatic carbocycles. The highest BCUT2D eigenvalue weighted by molar-refractivity contribution is 4.89. The summed E-state index contributed by atoms with van der Waals surface area (Å²) in [5.41, 5.74) is 0.271. The Bertz CT molecular complexity index is 251. The highest BCUT2D eigenvalue weighted by atomic mass is 16.5. The van der Waals surface area contributed by atoms with Gasteiger partial charge in [0.1, 0.15) is 0 Å². The van der Waals surface area contributed by atoms with Gasteiger partial charge in [0.05, 0.1) is 13.2 Å². The lowest BCUT2D eigenvalue weighted by Crippen LogP contribution is -2.47. The minimum absolute atomic E-state index is 0.271. The zero-order valence-corrected chi connectivity index (χ0v) is 14.1. The first-order valence-electron chi connectivity index (χ1n) is 8.00. The minimum atomic E-state index is 0.271. The van der Waals surface area contributed by atoms with Gasteiger partial charge in [-0.3, -0.25) is 0 Å². The molecule has 1 saturated heterocycles. The van der Waals surface area contributed by atoms with Crippen LogP contribution >= 0.6 is 0 Å². The van der Waals surface area contributed by atoms with Gasteiger partial charge in [0, 0.05) is 51.4 Å². The van der Waals surface area contributed by atoms with E-state index in [9.17, 15) is 0 Å². The third kappa shape index (κ3) is 6.53. The molecule has 1 atom stereocenters. The van der Waals surface area contributed by atoms with Crippen molar-refractivity contribution in [3.05, 3.63) is 0 Å². The zero-order valence-electron chi connectivity index (χ0n) is 14.1. The molecular formula is C16H34N2O2. The molecule has 1 N–H and O–H groups in total. The van der Waals surface area contributed by atoms with E-state index in [1.165, 1.54) is 0 Å². The Kier molecular flexibility index (Phi) is 8.03. The normalized spacial score (nSPS) is 23.4. The largest absolute Gasteiger partial charge is 0.383 e. The van der Waals surface area contributed by atoms with Gasteiger partial charge < -0.3 is 19.7 Å². The molecule has 0 aromatic heterocycles. The number of rotatable bonds is 10. The van der Waals surface area contributed by atoms with Crippen LogP contribution in [0.3, 0.4) is 0 Å². The summed E-state index contributed by atoms with van der Waals surface area (Å²) in [7, 11) is 1.78.